The third-order valence-electron chi connectivity index (χ3n) is 3.78. The molecule has 0 radical (unpaired) electrons. The minimum Gasteiger partial charge on any atom is -0.494 e. The average Bonchev–Trinajstić information content (AvgIpc) is 2.47. The molecule has 1 saturated heterocycles. The van der Waals surface area contributed by atoms with Gasteiger partial charge in [-0.3, -0.25) is 9.69 Å². The van der Waals surface area contributed by atoms with Crippen LogP contribution in [0.3, 0.4) is 0 Å². The monoisotopic (exact) mass is 295 g/mol. The van der Waals surface area contributed by atoms with Crippen molar-refractivity contribution in [3.8, 4) is 5.75 Å². The molecule has 1 aromatic carbocycles. The van der Waals surface area contributed by atoms with Crippen LogP contribution in [0.2, 0.25) is 0 Å². The van der Waals surface area contributed by atoms with Gasteiger partial charge in [0.2, 0.25) is 0 Å². The summed E-state index contributed by atoms with van der Waals surface area (Å²) in [6, 6.07) is 4.99. The number of carbonyl (C=O) groups excluding carboxylic acids is 1. The number of Topliss-reactive ketones (excluding diaryl/α,β-unsaturated/α-hetero) is 1. The third-order valence-corrected chi connectivity index (χ3v) is 3.78. The van der Waals surface area contributed by atoms with E-state index in [1.54, 1.807) is 12.1 Å². The molecule has 1 fully saturated rings. The molecule has 1 aliphatic rings. The Morgan fingerprint density at radius 2 is 2.29 bits per heavy atom. The van der Waals surface area contributed by atoms with Gasteiger partial charge in [0.1, 0.15) is 6.10 Å². The highest BCUT2D eigenvalue weighted by Gasteiger charge is 2.27. The summed E-state index contributed by atoms with van der Waals surface area (Å²) in [6.45, 7) is 6.22. The van der Waals surface area contributed by atoms with Gasteiger partial charge in [-0.15, -0.1) is 0 Å². The van der Waals surface area contributed by atoms with Crippen LogP contribution < -0.4 is 4.74 Å². The molecule has 0 N–H and O–H groups in total. The van der Waals surface area contributed by atoms with Crippen molar-refractivity contribution < 1.29 is 18.7 Å². The molecule has 0 bridgehead atoms. The predicted molar refractivity (Wildman–Crippen MR) is 78.1 cm³/mol. The lowest BCUT2D eigenvalue weighted by atomic mass is 10.0. The number of ketones is 1. The summed E-state index contributed by atoms with van der Waals surface area (Å²) in [6.07, 6.45) is -0.247. The SMILES string of the molecule is COc1ccc(CC(=O)C2CN(C(C)C)CCO2)cc1F. The molecule has 1 atom stereocenters. The molecule has 0 saturated carbocycles. The first-order valence-electron chi connectivity index (χ1n) is 7.22. The summed E-state index contributed by atoms with van der Waals surface area (Å²) < 4.78 is 24.1. The molecule has 1 unspecified atom stereocenters. The van der Waals surface area contributed by atoms with Crippen molar-refractivity contribution in [2.24, 2.45) is 0 Å². The van der Waals surface area contributed by atoms with E-state index in [0.29, 0.717) is 24.8 Å². The molecule has 1 heterocycles. The number of benzene rings is 1. The minimum atomic E-state index is -0.448. The Hall–Kier alpha value is -1.46. The lowest BCUT2D eigenvalue weighted by molar-refractivity contribution is -0.136. The van der Waals surface area contributed by atoms with Crippen LogP contribution in [0.5, 0.6) is 5.75 Å². The Kier molecular flexibility index (Phi) is 5.31. The Bertz CT molecular complexity index is 504. The van der Waals surface area contributed by atoms with Gasteiger partial charge >= 0.3 is 0 Å². The number of halogens is 1. The van der Waals surface area contributed by atoms with E-state index in [0.717, 1.165) is 6.54 Å². The van der Waals surface area contributed by atoms with Crippen LogP contribution in [0.25, 0.3) is 0 Å². The van der Waals surface area contributed by atoms with Crippen LogP contribution in [0.1, 0.15) is 19.4 Å². The number of hydrogen-bond acceptors (Lipinski definition) is 4. The topological polar surface area (TPSA) is 38.8 Å². The Labute approximate surface area is 124 Å². The second-order valence-corrected chi connectivity index (χ2v) is 5.56. The van der Waals surface area contributed by atoms with Gasteiger partial charge < -0.3 is 9.47 Å². The first kappa shape index (κ1) is 15.9. The molecule has 1 aromatic rings. The fourth-order valence-electron chi connectivity index (χ4n) is 2.47. The van der Waals surface area contributed by atoms with Gasteiger partial charge in [0.15, 0.2) is 17.3 Å². The van der Waals surface area contributed by atoms with Crippen LogP contribution >= 0.6 is 0 Å². The van der Waals surface area contributed by atoms with Crippen molar-refractivity contribution in [1.29, 1.82) is 0 Å². The molecule has 0 spiro atoms. The molecule has 5 heteroatoms. The van der Waals surface area contributed by atoms with Crippen molar-refractivity contribution in [3.63, 3.8) is 0 Å². The van der Waals surface area contributed by atoms with Gasteiger partial charge in [-0.2, -0.15) is 0 Å². The zero-order valence-electron chi connectivity index (χ0n) is 12.8. The van der Waals surface area contributed by atoms with Crippen molar-refractivity contribution in [1.82, 2.24) is 4.90 Å². The summed E-state index contributed by atoms with van der Waals surface area (Å²) in [5.74, 6) is -0.271. The molecular weight excluding hydrogens is 273 g/mol. The Morgan fingerprint density at radius 3 is 2.90 bits per heavy atom. The lowest BCUT2D eigenvalue weighted by Crippen LogP contribution is -2.49. The van der Waals surface area contributed by atoms with E-state index in [1.807, 2.05) is 0 Å². The first-order chi connectivity index (χ1) is 10.0. The molecule has 21 heavy (non-hydrogen) atoms. The maximum Gasteiger partial charge on any atom is 0.167 e. The molecule has 0 aliphatic carbocycles. The second-order valence-electron chi connectivity index (χ2n) is 5.56. The van der Waals surface area contributed by atoms with Crippen LogP contribution in [0.4, 0.5) is 4.39 Å². The van der Waals surface area contributed by atoms with E-state index in [1.165, 1.54) is 13.2 Å². The number of rotatable bonds is 5. The van der Waals surface area contributed by atoms with Crippen LogP contribution in [0, 0.1) is 5.82 Å². The number of hydrogen-bond donors (Lipinski definition) is 0. The third kappa shape index (κ3) is 4.02. The molecule has 4 nitrogen and oxygen atoms in total. The fraction of sp³-hybridized carbons (Fsp3) is 0.562. The van der Waals surface area contributed by atoms with E-state index in [2.05, 4.69) is 18.7 Å². The largest absolute Gasteiger partial charge is 0.494 e. The maximum absolute atomic E-state index is 13.6. The van der Waals surface area contributed by atoms with Crippen molar-refractivity contribution in [2.75, 3.05) is 26.8 Å². The molecule has 0 aromatic heterocycles. The standard InChI is InChI=1S/C16H22FNO3/c1-11(2)18-6-7-21-16(10-18)14(19)9-12-4-5-15(20-3)13(17)8-12/h4-5,8,11,16H,6-7,9-10H2,1-3H3. The predicted octanol–water partition coefficient (Wildman–Crippen LogP) is 2.06. The van der Waals surface area contributed by atoms with Crippen LogP contribution in [-0.2, 0) is 16.0 Å². The van der Waals surface area contributed by atoms with Gasteiger partial charge in [-0.25, -0.2) is 4.39 Å². The quantitative estimate of drug-likeness (QED) is 0.833. The number of carbonyl (C=O) groups is 1. The van der Waals surface area contributed by atoms with Crippen molar-refractivity contribution in [2.45, 2.75) is 32.4 Å². The minimum absolute atomic E-state index is 0.00934. The van der Waals surface area contributed by atoms with E-state index in [4.69, 9.17) is 9.47 Å². The van der Waals surface area contributed by atoms with Crippen molar-refractivity contribution in [3.05, 3.63) is 29.6 Å². The highest BCUT2D eigenvalue weighted by Crippen LogP contribution is 2.19. The summed E-state index contributed by atoms with van der Waals surface area (Å²) >= 11 is 0. The number of nitrogens with zero attached hydrogens (tertiary/aromatic N) is 1. The second kappa shape index (κ2) is 7.00. The molecular formula is C16H22FNO3. The summed E-state index contributed by atoms with van der Waals surface area (Å²) in [5.41, 5.74) is 0.642. The van der Waals surface area contributed by atoms with Crippen LogP contribution in [-0.4, -0.2) is 49.6 Å². The highest BCUT2D eigenvalue weighted by atomic mass is 19.1. The maximum atomic E-state index is 13.6. The Balaban J connectivity index is 1.99. The van der Waals surface area contributed by atoms with Gasteiger partial charge in [0.05, 0.1) is 13.7 Å². The number of methoxy groups -OCH3 is 1. The zero-order valence-corrected chi connectivity index (χ0v) is 12.8. The zero-order chi connectivity index (χ0) is 15.4. The van der Waals surface area contributed by atoms with Crippen molar-refractivity contribution >= 4 is 5.78 Å². The summed E-state index contributed by atoms with van der Waals surface area (Å²) in [4.78, 5) is 14.5. The van der Waals surface area contributed by atoms with Crippen LogP contribution in [0.15, 0.2) is 18.2 Å². The lowest BCUT2D eigenvalue weighted by Gasteiger charge is -2.34. The first-order valence-corrected chi connectivity index (χ1v) is 7.22. The van der Waals surface area contributed by atoms with Gasteiger partial charge in [0, 0.05) is 25.6 Å². The number of morpholine rings is 1. The van der Waals surface area contributed by atoms with Gasteiger partial charge in [0.25, 0.3) is 0 Å². The molecule has 1 aliphatic heterocycles. The normalized spacial score (nSPS) is 19.8. The highest BCUT2D eigenvalue weighted by molar-refractivity contribution is 5.85. The van der Waals surface area contributed by atoms with E-state index in [-0.39, 0.29) is 18.0 Å². The van der Waals surface area contributed by atoms with Gasteiger partial charge in [-0.1, -0.05) is 6.07 Å². The van der Waals surface area contributed by atoms with E-state index >= 15 is 0 Å². The molecule has 0 amide bonds. The summed E-state index contributed by atoms with van der Waals surface area (Å²) in [7, 11) is 1.42. The fourth-order valence-corrected chi connectivity index (χ4v) is 2.47. The number of ether oxygens (including phenoxy) is 2. The molecule has 116 valence electrons. The molecule has 2 rings (SSSR count). The Morgan fingerprint density at radius 1 is 1.52 bits per heavy atom. The van der Waals surface area contributed by atoms with E-state index in [9.17, 15) is 9.18 Å². The average molecular weight is 295 g/mol. The van der Waals surface area contributed by atoms with Gasteiger partial charge in [-0.05, 0) is 31.5 Å². The smallest absolute Gasteiger partial charge is 0.167 e. The van der Waals surface area contributed by atoms with E-state index < -0.39 is 11.9 Å². The summed E-state index contributed by atoms with van der Waals surface area (Å²) in [5, 5.41) is 0.